The molecule has 3 N–H and O–H groups in total. The van der Waals surface area contributed by atoms with Gasteiger partial charge in [-0.2, -0.15) is 0 Å². The van der Waals surface area contributed by atoms with Crippen LogP contribution in [0.4, 0.5) is 11.6 Å². The molecule has 0 aliphatic carbocycles. The molecule has 2 rings (SSSR count). The van der Waals surface area contributed by atoms with Gasteiger partial charge in [-0.15, -0.1) is 0 Å². The number of fused-ring (bicyclic) bond motifs is 1. The van der Waals surface area contributed by atoms with E-state index in [0.29, 0.717) is 5.82 Å². The maximum absolute atomic E-state index is 10.8. The van der Waals surface area contributed by atoms with Gasteiger partial charge in [-0.3, -0.25) is 0 Å². The number of anilines is 2. The number of carbonyl (C=O) groups is 1. The van der Waals surface area contributed by atoms with Crippen LogP contribution in [-0.2, 0) is 10.2 Å². The molecule has 4 heteroatoms. The fourth-order valence-electron chi connectivity index (χ4n) is 2.10. The first-order valence-electron chi connectivity index (χ1n) is 5.02. The van der Waals surface area contributed by atoms with E-state index < -0.39 is 0 Å². The summed E-state index contributed by atoms with van der Waals surface area (Å²) < 4.78 is 0. The van der Waals surface area contributed by atoms with Gasteiger partial charge in [-0.25, -0.2) is 4.98 Å². The van der Waals surface area contributed by atoms with Crippen LogP contribution >= 0.6 is 0 Å². The summed E-state index contributed by atoms with van der Waals surface area (Å²) in [5, 5.41) is 3.08. The van der Waals surface area contributed by atoms with E-state index in [4.69, 9.17) is 5.73 Å². The molecule has 0 saturated heterocycles. The van der Waals surface area contributed by atoms with Gasteiger partial charge in [0, 0.05) is 5.56 Å². The number of nitrogens with two attached hydrogens (primary N) is 1. The first-order chi connectivity index (χ1) is 7.03. The normalized spacial score (nSPS) is 22.7. The van der Waals surface area contributed by atoms with E-state index in [2.05, 4.69) is 24.1 Å². The summed E-state index contributed by atoms with van der Waals surface area (Å²) in [4.78, 5) is 15.0. The van der Waals surface area contributed by atoms with Crippen LogP contribution in [0.3, 0.4) is 0 Å². The van der Waals surface area contributed by atoms with Crippen molar-refractivity contribution in [3.8, 4) is 0 Å². The molecule has 1 aromatic rings. The fourth-order valence-corrected chi connectivity index (χ4v) is 2.10. The molecule has 1 aliphatic rings. The summed E-state index contributed by atoms with van der Waals surface area (Å²) in [7, 11) is 0. The number of rotatable bonds is 1. The maximum atomic E-state index is 10.8. The predicted octanol–water partition coefficient (Wildman–Crippen LogP) is 1.32. The molecule has 0 spiro atoms. The van der Waals surface area contributed by atoms with Gasteiger partial charge in [-0.1, -0.05) is 19.9 Å². The second-order valence-corrected chi connectivity index (χ2v) is 4.61. The molecule has 0 aromatic carbocycles. The zero-order chi connectivity index (χ0) is 11.1. The Balaban J connectivity index is 2.49. The average Bonchev–Trinajstić information content (AvgIpc) is 2.15. The molecule has 1 aliphatic heterocycles. The number of pyridine rings is 1. The topological polar surface area (TPSA) is 68.0 Å². The van der Waals surface area contributed by atoms with Crippen molar-refractivity contribution in [1.29, 1.82) is 0 Å². The molecule has 0 radical (unpaired) electrons. The lowest BCUT2D eigenvalue weighted by molar-refractivity contribution is -0.108. The standard InChI is InChI=1S/C11H15N3O/c1-11(2)5-7(6-15)13-10-8(11)3-4-9(12)14-10/h3-4,6-7H,5H2,1-2H3,(H3,12,13,14). The van der Waals surface area contributed by atoms with Crippen molar-refractivity contribution in [2.24, 2.45) is 0 Å². The van der Waals surface area contributed by atoms with Crippen molar-refractivity contribution in [1.82, 2.24) is 4.98 Å². The molecule has 15 heavy (non-hydrogen) atoms. The van der Waals surface area contributed by atoms with Crippen LogP contribution in [0.15, 0.2) is 12.1 Å². The van der Waals surface area contributed by atoms with Crippen LogP contribution in [0, 0.1) is 0 Å². The highest BCUT2D eigenvalue weighted by Gasteiger charge is 2.33. The van der Waals surface area contributed by atoms with Gasteiger partial charge in [0.15, 0.2) is 0 Å². The maximum Gasteiger partial charge on any atom is 0.142 e. The van der Waals surface area contributed by atoms with Crippen molar-refractivity contribution < 1.29 is 4.79 Å². The third kappa shape index (κ3) is 1.67. The second kappa shape index (κ2) is 3.22. The second-order valence-electron chi connectivity index (χ2n) is 4.61. The summed E-state index contributed by atoms with van der Waals surface area (Å²) in [6, 6.07) is 3.61. The highest BCUT2D eigenvalue weighted by molar-refractivity contribution is 5.68. The first-order valence-corrected chi connectivity index (χ1v) is 5.02. The fraction of sp³-hybridized carbons (Fsp3) is 0.455. The molecule has 4 nitrogen and oxygen atoms in total. The van der Waals surface area contributed by atoms with Crippen LogP contribution in [0.5, 0.6) is 0 Å². The van der Waals surface area contributed by atoms with Gasteiger partial charge in [0.05, 0.1) is 6.04 Å². The molecule has 0 bridgehead atoms. The molecule has 0 amide bonds. The van der Waals surface area contributed by atoms with Gasteiger partial charge in [0.25, 0.3) is 0 Å². The average molecular weight is 205 g/mol. The van der Waals surface area contributed by atoms with Gasteiger partial charge in [-0.05, 0) is 17.9 Å². The van der Waals surface area contributed by atoms with Crippen molar-refractivity contribution in [3.05, 3.63) is 17.7 Å². The third-order valence-corrected chi connectivity index (χ3v) is 2.86. The van der Waals surface area contributed by atoms with E-state index in [1.807, 2.05) is 6.07 Å². The van der Waals surface area contributed by atoms with Gasteiger partial charge >= 0.3 is 0 Å². The van der Waals surface area contributed by atoms with E-state index in [-0.39, 0.29) is 11.5 Å². The van der Waals surface area contributed by atoms with Crippen LogP contribution in [0.2, 0.25) is 0 Å². The number of nitrogens with zero attached hydrogens (tertiary/aromatic N) is 1. The van der Waals surface area contributed by atoms with Gasteiger partial charge in [0.1, 0.15) is 17.9 Å². The number of aromatic nitrogens is 1. The van der Waals surface area contributed by atoms with Crippen LogP contribution in [0.1, 0.15) is 25.8 Å². The Hall–Kier alpha value is -1.58. The molecule has 1 atom stereocenters. The smallest absolute Gasteiger partial charge is 0.142 e. The van der Waals surface area contributed by atoms with Crippen molar-refractivity contribution >= 4 is 17.9 Å². The van der Waals surface area contributed by atoms with Crippen LogP contribution < -0.4 is 11.1 Å². The summed E-state index contributed by atoms with van der Waals surface area (Å²) in [5.74, 6) is 1.21. The highest BCUT2D eigenvalue weighted by Crippen LogP contribution is 2.37. The molecule has 1 unspecified atom stereocenters. The number of hydrogen-bond acceptors (Lipinski definition) is 4. The largest absolute Gasteiger partial charge is 0.384 e. The van der Waals surface area contributed by atoms with E-state index in [0.717, 1.165) is 24.1 Å². The van der Waals surface area contributed by atoms with Crippen LogP contribution in [0.25, 0.3) is 0 Å². The Morgan fingerprint density at radius 3 is 3.00 bits per heavy atom. The Morgan fingerprint density at radius 2 is 2.33 bits per heavy atom. The SMILES string of the molecule is CC1(C)CC(C=O)Nc2nc(N)ccc21. The lowest BCUT2D eigenvalue weighted by atomic mass is 9.77. The zero-order valence-electron chi connectivity index (χ0n) is 8.95. The van der Waals surface area contributed by atoms with Gasteiger partial charge in [0.2, 0.25) is 0 Å². The predicted molar refractivity (Wildman–Crippen MR) is 59.8 cm³/mol. The Morgan fingerprint density at radius 1 is 1.60 bits per heavy atom. The molecular formula is C11H15N3O. The van der Waals surface area contributed by atoms with E-state index in [9.17, 15) is 4.79 Å². The number of nitrogens with one attached hydrogen (secondary N) is 1. The van der Waals surface area contributed by atoms with E-state index in [1.54, 1.807) is 6.07 Å². The Kier molecular flexibility index (Phi) is 2.14. The lowest BCUT2D eigenvalue weighted by Gasteiger charge is -2.35. The number of hydrogen-bond donors (Lipinski definition) is 2. The quantitative estimate of drug-likeness (QED) is 0.678. The first kappa shape index (κ1) is 9.96. The Labute approximate surface area is 88.9 Å². The summed E-state index contributed by atoms with van der Waals surface area (Å²) in [6.45, 7) is 4.22. The molecule has 1 aromatic heterocycles. The summed E-state index contributed by atoms with van der Waals surface area (Å²) >= 11 is 0. The number of nitrogen functional groups attached to an aromatic ring is 1. The van der Waals surface area contributed by atoms with E-state index in [1.165, 1.54) is 0 Å². The Bertz CT molecular complexity index is 401. The lowest BCUT2D eigenvalue weighted by Crippen LogP contribution is -2.37. The van der Waals surface area contributed by atoms with Crippen molar-refractivity contribution in [2.75, 3.05) is 11.1 Å². The minimum absolute atomic E-state index is 0.0349. The zero-order valence-corrected chi connectivity index (χ0v) is 8.95. The molecule has 0 fully saturated rings. The number of carbonyl (C=O) groups excluding carboxylic acids is 1. The minimum atomic E-state index is -0.165. The summed E-state index contributed by atoms with van der Waals surface area (Å²) in [5.41, 5.74) is 6.70. The molecule has 2 heterocycles. The minimum Gasteiger partial charge on any atom is -0.384 e. The monoisotopic (exact) mass is 205 g/mol. The third-order valence-electron chi connectivity index (χ3n) is 2.86. The number of aldehydes is 1. The molecule has 0 saturated carbocycles. The highest BCUT2D eigenvalue weighted by atomic mass is 16.1. The summed E-state index contributed by atoms with van der Waals surface area (Å²) in [6.07, 6.45) is 1.71. The van der Waals surface area contributed by atoms with Gasteiger partial charge < -0.3 is 15.8 Å². The van der Waals surface area contributed by atoms with Crippen molar-refractivity contribution in [3.63, 3.8) is 0 Å². The van der Waals surface area contributed by atoms with Crippen LogP contribution in [-0.4, -0.2) is 17.3 Å². The van der Waals surface area contributed by atoms with E-state index >= 15 is 0 Å². The molecular weight excluding hydrogens is 190 g/mol. The van der Waals surface area contributed by atoms with Crippen molar-refractivity contribution in [2.45, 2.75) is 31.7 Å². The molecule has 80 valence electrons.